The molecule has 0 aromatic rings. The number of primary amides is 1. The first-order valence-corrected chi connectivity index (χ1v) is 5.03. The van der Waals surface area contributed by atoms with Crippen LogP contribution in [-0.4, -0.2) is 16.8 Å². The summed E-state index contributed by atoms with van der Waals surface area (Å²) in [5.74, 6) is 0.614. The SMILES string of the molecule is CC(=O)SCCCCCC(N)=O. The molecule has 0 aliphatic carbocycles. The zero-order valence-electron chi connectivity index (χ0n) is 7.34. The van der Waals surface area contributed by atoms with Crippen molar-refractivity contribution >= 4 is 22.8 Å². The zero-order chi connectivity index (χ0) is 9.40. The summed E-state index contributed by atoms with van der Waals surface area (Å²) >= 11 is 1.34. The van der Waals surface area contributed by atoms with E-state index in [-0.39, 0.29) is 11.0 Å². The van der Waals surface area contributed by atoms with Gasteiger partial charge in [-0.3, -0.25) is 9.59 Å². The first-order valence-electron chi connectivity index (χ1n) is 4.04. The second-order valence-electron chi connectivity index (χ2n) is 2.62. The lowest BCUT2D eigenvalue weighted by Crippen LogP contribution is -2.09. The number of hydrogen-bond donors (Lipinski definition) is 1. The molecule has 0 saturated heterocycles. The molecule has 0 unspecified atom stereocenters. The zero-order valence-corrected chi connectivity index (χ0v) is 8.15. The standard InChI is InChI=1S/C8H15NO2S/c1-7(10)12-6-4-2-3-5-8(9)11/h2-6H2,1H3,(H2,9,11). The molecule has 0 fully saturated rings. The molecule has 0 spiro atoms. The van der Waals surface area contributed by atoms with Gasteiger partial charge in [0.1, 0.15) is 0 Å². The van der Waals surface area contributed by atoms with Crippen LogP contribution in [0.25, 0.3) is 0 Å². The molecule has 2 N–H and O–H groups in total. The van der Waals surface area contributed by atoms with Crippen molar-refractivity contribution in [2.24, 2.45) is 5.73 Å². The fraction of sp³-hybridized carbons (Fsp3) is 0.750. The van der Waals surface area contributed by atoms with E-state index in [1.807, 2.05) is 0 Å². The van der Waals surface area contributed by atoms with E-state index in [9.17, 15) is 9.59 Å². The Labute approximate surface area is 77.1 Å². The molecule has 0 aliphatic heterocycles. The lowest BCUT2D eigenvalue weighted by Gasteiger charge is -1.97. The third-order valence-corrected chi connectivity index (χ3v) is 2.27. The summed E-state index contributed by atoms with van der Waals surface area (Å²) in [7, 11) is 0. The van der Waals surface area contributed by atoms with E-state index in [2.05, 4.69) is 0 Å². The molecule has 0 aliphatic rings. The Morgan fingerprint density at radius 1 is 1.25 bits per heavy atom. The fourth-order valence-corrected chi connectivity index (χ4v) is 1.43. The third kappa shape index (κ3) is 9.49. The van der Waals surface area contributed by atoms with Gasteiger partial charge in [0.15, 0.2) is 5.12 Å². The average molecular weight is 189 g/mol. The minimum atomic E-state index is -0.241. The van der Waals surface area contributed by atoms with E-state index in [0.717, 1.165) is 25.0 Å². The molecule has 0 bridgehead atoms. The first-order chi connectivity index (χ1) is 5.63. The molecule has 0 saturated carbocycles. The van der Waals surface area contributed by atoms with Gasteiger partial charge in [-0.05, 0) is 12.8 Å². The maximum atomic E-state index is 10.5. The summed E-state index contributed by atoms with van der Waals surface area (Å²) < 4.78 is 0. The summed E-state index contributed by atoms with van der Waals surface area (Å²) in [4.78, 5) is 20.8. The van der Waals surface area contributed by atoms with Crippen molar-refractivity contribution < 1.29 is 9.59 Å². The Hall–Kier alpha value is -0.510. The second-order valence-corrected chi connectivity index (χ2v) is 3.89. The molecule has 0 aromatic carbocycles. The number of carbonyl (C=O) groups excluding carboxylic acids is 2. The van der Waals surface area contributed by atoms with Gasteiger partial charge in [0, 0.05) is 19.1 Å². The van der Waals surface area contributed by atoms with E-state index in [1.165, 1.54) is 11.8 Å². The van der Waals surface area contributed by atoms with Crippen molar-refractivity contribution in [2.75, 3.05) is 5.75 Å². The Balaban J connectivity index is 3.01. The highest BCUT2D eigenvalue weighted by Crippen LogP contribution is 2.07. The van der Waals surface area contributed by atoms with E-state index in [1.54, 1.807) is 6.92 Å². The quantitative estimate of drug-likeness (QED) is 0.641. The number of unbranched alkanes of at least 4 members (excludes halogenated alkanes) is 2. The summed E-state index contributed by atoms with van der Waals surface area (Å²) in [5.41, 5.74) is 4.96. The molecule has 1 amide bonds. The van der Waals surface area contributed by atoms with Gasteiger partial charge in [-0.1, -0.05) is 18.2 Å². The van der Waals surface area contributed by atoms with E-state index in [4.69, 9.17) is 5.73 Å². The predicted octanol–water partition coefficient (Wildman–Crippen LogP) is 1.31. The highest BCUT2D eigenvalue weighted by molar-refractivity contribution is 8.13. The Morgan fingerprint density at radius 3 is 2.42 bits per heavy atom. The number of amides is 1. The summed E-state index contributed by atoms with van der Waals surface area (Å²) in [6.45, 7) is 1.56. The normalized spacial score (nSPS) is 9.75. The monoisotopic (exact) mass is 189 g/mol. The van der Waals surface area contributed by atoms with Crippen LogP contribution in [0.1, 0.15) is 32.6 Å². The largest absolute Gasteiger partial charge is 0.370 e. The van der Waals surface area contributed by atoms with Crippen LogP contribution in [0.2, 0.25) is 0 Å². The van der Waals surface area contributed by atoms with Gasteiger partial charge < -0.3 is 5.73 Å². The van der Waals surface area contributed by atoms with Crippen LogP contribution < -0.4 is 5.73 Å². The van der Waals surface area contributed by atoms with Crippen molar-refractivity contribution in [1.29, 1.82) is 0 Å². The van der Waals surface area contributed by atoms with Crippen LogP contribution in [0.5, 0.6) is 0 Å². The summed E-state index contributed by atoms with van der Waals surface area (Å²) in [6.07, 6.45) is 3.26. The van der Waals surface area contributed by atoms with Crippen LogP contribution in [0.3, 0.4) is 0 Å². The lowest BCUT2D eigenvalue weighted by atomic mass is 10.2. The molecular formula is C8H15NO2S. The highest BCUT2D eigenvalue weighted by atomic mass is 32.2. The van der Waals surface area contributed by atoms with E-state index in [0.29, 0.717) is 6.42 Å². The maximum Gasteiger partial charge on any atom is 0.217 e. The second kappa shape index (κ2) is 7.16. The van der Waals surface area contributed by atoms with Crippen LogP contribution in [0.4, 0.5) is 0 Å². The molecule has 0 atom stereocenters. The van der Waals surface area contributed by atoms with Gasteiger partial charge in [-0.2, -0.15) is 0 Å². The minimum Gasteiger partial charge on any atom is -0.370 e. The smallest absolute Gasteiger partial charge is 0.217 e. The average Bonchev–Trinajstić information content (AvgIpc) is 1.95. The fourth-order valence-electron chi connectivity index (χ4n) is 0.794. The van der Waals surface area contributed by atoms with Crippen LogP contribution >= 0.6 is 11.8 Å². The van der Waals surface area contributed by atoms with Crippen LogP contribution in [-0.2, 0) is 9.59 Å². The lowest BCUT2D eigenvalue weighted by molar-refractivity contribution is -0.118. The van der Waals surface area contributed by atoms with Crippen molar-refractivity contribution in [3.8, 4) is 0 Å². The maximum absolute atomic E-state index is 10.5. The molecule has 0 radical (unpaired) electrons. The molecule has 4 heteroatoms. The number of rotatable bonds is 6. The molecule has 0 heterocycles. The van der Waals surface area contributed by atoms with Gasteiger partial charge >= 0.3 is 0 Å². The van der Waals surface area contributed by atoms with E-state index < -0.39 is 0 Å². The number of carbonyl (C=O) groups is 2. The highest BCUT2D eigenvalue weighted by Gasteiger charge is 1.96. The minimum absolute atomic E-state index is 0.157. The number of hydrogen-bond acceptors (Lipinski definition) is 3. The molecule has 3 nitrogen and oxygen atoms in total. The van der Waals surface area contributed by atoms with Crippen molar-refractivity contribution in [3.05, 3.63) is 0 Å². The number of thioether (sulfide) groups is 1. The van der Waals surface area contributed by atoms with Gasteiger partial charge in [0.2, 0.25) is 5.91 Å². The number of nitrogens with two attached hydrogens (primary N) is 1. The summed E-state index contributed by atoms with van der Waals surface area (Å²) in [6, 6.07) is 0. The molecule has 0 aromatic heterocycles. The predicted molar refractivity (Wildman–Crippen MR) is 50.8 cm³/mol. The molecular weight excluding hydrogens is 174 g/mol. The van der Waals surface area contributed by atoms with Gasteiger partial charge in [0.05, 0.1) is 0 Å². The van der Waals surface area contributed by atoms with Crippen LogP contribution in [0.15, 0.2) is 0 Å². The first kappa shape index (κ1) is 11.5. The van der Waals surface area contributed by atoms with Crippen molar-refractivity contribution in [1.82, 2.24) is 0 Å². The van der Waals surface area contributed by atoms with Crippen molar-refractivity contribution in [2.45, 2.75) is 32.6 Å². The molecule has 70 valence electrons. The Bertz CT molecular complexity index is 141. The third-order valence-electron chi connectivity index (χ3n) is 1.37. The van der Waals surface area contributed by atoms with Crippen molar-refractivity contribution in [3.63, 3.8) is 0 Å². The summed E-state index contributed by atoms with van der Waals surface area (Å²) in [5, 5.41) is 0.157. The molecule has 0 rings (SSSR count). The Morgan fingerprint density at radius 2 is 1.92 bits per heavy atom. The Kier molecular flexibility index (Phi) is 6.85. The van der Waals surface area contributed by atoms with Crippen LogP contribution in [0, 0.1) is 0 Å². The topological polar surface area (TPSA) is 60.2 Å². The molecule has 12 heavy (non-hydrogen) atoms. The van der Waals surface area contributed by atoms with Gasteiger partial charge in [-0.25, -0.2) is 0 Å². The van der Waals surface area contributed by atoms with Gasteiger partial charge in [-0.15, -0.1) is 0 Å². The van der Waals surface area contributed by atoms with Gasteiger partial charge in [0.25, 0.3) is 0 Å². The van der Waals surface area contributed by atoms with E-state index >= 15 is 0 Å².